The van der Waals surface area contributed by atoms with Crippen molar-refractivity contribution in [1.29, 1.82) is 0 Å². The second-order valence-electron chi connectivity index (χ2n) is 4.88. The maximum atomic E-state index is 11.4. The molecule has 14 heavy (non-hydrogen) atoms. The van der Waals surface area contributed by atoms with Crippen LogP contribution in [0.5, 0.6) is 0 Å². The van der Waals surface area contributed by atoms with Crippen molar-refractivity contribution in [3.8, 4) is 0 Å². The summed E-state index contributed by atoms with van der Waals surface area (Å²) < 4.78 is 4.80. The smallest absolute Gasteiger partial charge is 0.308 e. The summed E-state index contributed by atoms with van der Waals surface area (Å²) in [7, 11) is 1.49. The van der Waals surface area contributed by atoms with Gasteiger partial charge in [-0.3, -0.25) is 4.79 Å². The first-order valence-electron chi connectivity index (χ1n) is 5.71. The minimum atomic E-state index is -0.00143. The van der Waals surface area contributed by atoms with Gasteiger partial charge in [-0.15, -0.1) is 0 Å². The van der Waals surface area contributed by atoms with Crippen molar-refractivity contribution >= 4 is 5.97 Å². The molecule has 2 heteroatoms. The molecule has 2 unspecified atom stereocenters. The van der Waals surface area contributed by atoms with Gasteiger partial charge in [-0.25, -0.2) is 0 Å². The number of hydrogen-bond donors (Lipinski definition) is 0. The van der Waals surface area contributed by atoms with Crippen LogP contribution in [0.3, 0.4) is 0 Å². The minimum Gasteiger partial charge on any atom is -0.469 e. The molecule has 1 rings (SSSR count). The van der Waals surface area contributed by atoms with E-state index in [0.717, 1.165) is 24.7 Å². The van der Waals surface area contributed by atoms with E-state index < -0.39 is 0 Å². The summed E-state index contributed by atoms with van der Waals surface area (Å²) in [5, 5.41) is 0. The van der Waals surface area contributed by atoms with Crippen LogP contribution in [-0.4, -0.2) is 13.1 Å². The summed E-state index contributed by atoms with van der Waals surface area (Å²) in [6, 6.07) is 0. The first kappa shape index (κ1) is 11.5. The highest BCUT2D eigenvalue weighted by Crippen LogP contribution is 2.33. The van der Waals surface area contributed by atoms with Crippen molar-refractivity contribution in [2.45, 2.75) is 46.0 Å². The van der Waals surface area contributed by atoms with Crippen molar-refractivity contribution in [3.63, 3.8) is 0 Å². The number of hydrogen-bond acceptors (Lipinski definition) is 2. The molecule has 1 saturated carbocycles. The lowest BCUT2D eigenvalue weighted by Gasteiger charge is -2.28. The first-order chi connectivity index (χ1) is 6.63. The summed E-state index contributed by atoms with van der Waals surface area (Å²) >= 11 is 0. The van der Waals surface area contributed by atoms with Gasteiger partial charge in [0.25, 0.3) is 0 Å². The fourth-order valence-corrected chi connectivity index (χ4v) is 2.55. The van der Waals surface area contributed by atoms with Gasteiger partial charge in [-0.05, 0) is 31.1 Å². The van der Waals surface area contributed by atoms with Gasteiger partial charge in [0.2, 0.25) is 0 Å². The Morgan fingerprint density at radius 1 is 1.43 bits per heavy atom. The number of rotatable bonds is 3. The van der Waals surface area contributed by atoms with Crippen LogP contribution in [0.2, 0.25) is 0 Å². The molecule has 0 saturated heterocycles. The van der Waals surface area contributed by atoms with Crippen molar-refractivity contribution in [3.05, 3.63) is 0 Å². The fourth-order valence-electron chi connectivity index (χ4n) is 2.55. The SMILES string of the molecule is COC(=O)C1CCCC(CC(C)C)C1. The molecule has 2 atom stereocenters. The van der Waals surface area contributed by atoms with E-state index in [1.807, 2.05) is 0 Å². The Hall–Kier alpha value is -0.530. The maximum Gasteiger partial charge on any atom is 0.308 e. The average Bonchev–Trinajstić information content (AvgIpc) is 2.16. The van der Waals surface area contributed by atoms with Gasteiger partial charge >= 0.3 is 5.97 Å². The van der Waals surface area contributed by atoms with Crippen LogP contribution < -0.4 is 0 Å². The third-order valence-electron chi connectivity index (χ3n) is 3.12. The molecule has 0 amide bonds. The second kappa shape index (κ2) is 5.38. The summed E-state index contributed by atoms with van der Waals surface area (Å²) in [6.45, 7) is 4.50. The van der Waals surface area contributed by atoms with Crippen LogP contribution in [-0.2, 0) is 9.53 Å². The molecule has 0 aliphatic heterocycles. The number of carbonyl (C=O) groups excluding carboxylic acids is 1. The van der Waals surface area contributed by atoms with E-state index in [4.69, 9.17) is 4.74 Å². The Labute approximate surface area is 87.0 Å². The van der Waals surface area contributed by atoms with Gasteiger partial charge in [0.15, 0.2) is 0 Å². The third-order valence-corrected chi connectivity index (χ3v) is 3.12. The molecule has 1 fully saturated rings. The average molecular weight is 198 g/mol. The van der Waals surface area contributed by atoms with Crippen LogP contribution in [0, 0.1) is 17.8 Å². The van der Waals surface area contributed by atoms with Gasteiger partial charge in [-0.1, -0.05) is 26.7 Å². The Balaban J connectivity index is 2.39. The van der Waals surface area contributed by atoms with Crippen LogP contribution in [0.4, 0.5) is 0 Å². The molecule has 0 spiro atoms. The van der Waals surface area contributed by atoms with Crippen LogP contribution in [0.25, 0.3) is 0 Å². The van der Waals surface area contributed by atoms with Crippen molar-refractivity contribution in [2.75, 3.05) is 7.11 Å². The standard InChI is InChI=1S/C12H22O2/c1-9(2)7-10-5-4-6-11(8-10)12(13)14-3/h9-11H,4-8H2,1-3H3. The lowest BCUT2D eigenvalue weighted by atomic mass is 9.78. The Morgan fingerprint density at radius 2 is 2.14 bits per heavy atom. The summed E-state index contributed by atoms with van der Waals surface area (Å²) in [5.74, 6) is 1.67. The zero-order valence-corrected chi connectivity index (χ0v) is 9.58. The first-order valence-corrected chi connectivity index (χ1v) is 5.71. The monoisotopic (exact) mass is 198 g/mol. The number of carbonyl (C=O) groups is 1. The van der Waals surface area contributed by atoms with Crippen molar-refractivity contribution in [2.24, 2.45) is 17.8 Å². The summed E-state index contributed by atoms with van der Waals surface area (Å²) in [6.07, 6.45) is 5.82. The van der Waals surface area contributed by atoms with Gasteiger partial charge in [0, 0.05) is 0 Å². The van der Waals surface area contributed by atoms with E-state index in [0.29, 0.717) is 0 Å². The molecule has 0 aromatic heterocycles. The number of esters is 1. The molecule has 0 heterocycles. The van der Waals surface area contributed by atoms with E-state index in [1.54, 1.807) is 0 Å². The number of ether oxygens (including phenoxy) is 1. The molecule has 0 radical (unpaired) electrons. The van der Waals surface area contributed by atoms with Gasteiger partial charge in [-0.2, -0.15) is 0 Å². The van der Waals surface area contributed by atoms with Gasteiger partial charge in [0.1, 0.15) is 0 Å². The highest BCUT2D eigenvalue weighted by molar-refractivity contribution is 5.72. The van der Waals surface area contributed by atoms with Crippen LogP contribution in [0.1, 0.15) is 46.0 Å². The molecule has 0 bridgehead atoms. The van der Waals surface area contributed by atoms with Gasteiger partial charge < -0.3 is 4.74 Å². The normalized spacial score (nSPS) is 27.7. The maximum absolute atomic E-state index is 11.4. The van der Waals surface area contributed by atoms with E-state index >= 15 is 0 Å². The predicted molar refractivity (Wildman–Crippen MR) is 56.9 cm³/mol. The molecule has 2 nitrogen and oxygen atoms in total. The third kappa shape index (κ3) is 3.32. The van der Waals surface area contributed by atoms with E-state index in [9.17, 15) is 4.79 Å². The Kier molecular flexibility index (Phi) is 4.43. The predicted octanol–water partition coefficient (Wildman–Crippen LogP) is 3.01. The fraction of sp³-hybridized carbons (Fsp3) is 0.917. The Bertz CT molecular complexity index is 187. The molecule has 1 aliphatic rings. The molecule has 1 aliphatic carbocycles. The molecule has 0 N–H and O–H groups in total. The van der Waals surface area contributed by atoms with Crippen molar-refractivity contribution < 1.29 is 9.53 Å². The summed E-state index contributed by atoms with van der Waals surface area (Å²) in [5.41, 5.74) is 0. The molecule has 82 valence electrons. The topological polar surface area (TPSA) is 26.3 Å². The van der Waals surface area contributed by atoms with Crippen LogP contribution in [0.15, 0.2) is 0 Å². The largest absolute Gasteiger partial charge is 0.469 e. The molecular weight excluding hydrogens is 176 g/mol. The lowest BCUT2D eigenvalue weighted by molar-refractivity contribution is -0.147. The molecule has 0 aromatic rings. The molecule has 0 aromatic carbocycles. The molecular formula is C12H22O2. The van der Waals surface area contributed by atoms with Gasteiger partial charge in [0.05, 0.1) is 13.0 Å². The Morgan fingerprint density at radius 3 is 2.71 bits per heavy atom. The van der Waals surface area contributed by atoms with E-state index in [1.165, 1.54) is 26.4 Å². The zero-order chi connectivity index (χ0) is 10.6. The van der Waals surface area contributed by atoms with E-state index in [2.05, 4.69) is 13.8 Å². The highest BCUT2D eigenvalue weighted by Gasteiger charge is 2.27. The number of methoxy groups -OCH3 is 1. The van der Waals surface area contributed by atoms with Crippen molar-refractivity contribution in [1.82, 2.24) is 0 Å². The lowest BCUT2D eigenvalue weighted by Crippen LogP contribution is -2.24. The highest BCUT2D eigenvalue weighted by atomic mass is 16.5. The summed E-state index contributed by atoms with van der Waals surface area (Å²) in [4.78, 5) is 11.4. The quantitative estimate of drug-likeness (QED) is 0.652. The van der Waals surface area contributed by atoms with E-state index in [-0.39, 0.29) is 11.9 Å². The zero-order valence-electron chi connectivity index (χ0n) is 9.58. The minimum absolute atomic E-state index is 0.00143. The second-order valence-corrected chi connectivity index (χ2v) is 4.88. The van der Waals surface area contributed by atoms with Crippen LogP contribution >= 0.6 is 0 Å².